The van der Waals surface area contributed by atoms with E-state index in [0.717, 1.165) is 12.0 Å². The summed E-state index contributed by atoms with van der Waals surface area (Å²) >= 11 is 0. The summed E-state index contributed by atoms with van der Waals surface area (Å²) < 4.78 is 0. The molecule has 1 heteroatoms. The van der Waals surface area contributed by atoms with Crippen LogP contribution in [0, 0.1) is 5.92 Å². The van der Waals surface area contributed by atoms with Crippen molar-refractivity contribution in [3.63, 3.8) is 0 Å². The van der Waals surface area contributed by atoms with Crippen LogP contribution in [0.3, 0.4) is 0 Å². The van der Waals surface area contributed by atoms with Crippen LogP contribution >= 0.6 is 0 Å². The van der Waals surface area contributed by atoms with Crippen molar-refractivity contribution in [2.75, 3.05) is 6.54 Å². The smallest absolute Gasteiger partial charge is 0.00698 e. The van der Waals surface area contributed by atoms with Gasteiger partial charge >= 0.3 is 0 Å². The summed E-state index contributed by atoms with van der Waals surface area (Å²) in [6.07, 6.45) is 8.09. The minimum Gasteiger partial charge on any atom is -0.314 e. The second-order valence-electron chi connectivity index (χ2n) is 5.37. The SMILES string of the molecule is CCCNC1CCCC(Cc2ccccc2)C1. The van der Waals surface area contributed by atoms with E-state index in [-0.39, 0.29) is 0 Å². The van der Waals surface area contributed by atoms with Gasteiger partial charge in [0.15, 0.2) is 0 Å². The molecule has 0 bridgehead atoms. The van der Waals surface area contributed by atoms with E-state index in [4.69, 9.17) is 0 Å². The van der Waals surface area contributed by atoms with Crippen molar-refractivity contribution in [3.8, 4) is 0 Å². The Morgan fingerprint density at radius 1 is 1.18 bits per heavy atom. The molecule has 0 heterocycles. The van der Waals surface area contributed by atoms with E-state index in [0.29, 0.717) is 0 Å². The molecule has 1 nitrogen and oxygen atoms in total. The lowest BCUT2D eigenvalue weighted by Crippen LogP contribution is -2.35. The van der Waals surface area contributed by atoms with Gasteiger partial charge in [-0.25, -0.2) is 0 Å². The number of hydrogen-bond acceptors (Lipinski definition) is 1. The summed E-state index contributed by atoms with van der Waals surface area (Å²) in [7, 11) is 0. The van der Waals surface area contributed by atoms with E-state index in [2.05, 4.69) is 42.6 Å². The molecule has 0 spiro atoms. The normalized spacial score (nSPS) is 24.8. The van der Waals surface area contributed by atoms with Crippen LogP contribution in [0.15, 0.2) is 30.3 Å². The molecule has 1 N–H and O–H groups in total. The zero-order valence-corrected chi connectivity index (χ0v) is 11.0. The van der Waals surface area contributed by atoms with Crippen LogP contribution in [0.5, 0.6) is 0 Å². The first kappa shape index (κ1) is 12.6. The average Bonchev–Trinajstić information content (AvgIpc) is 2.38. The lowest BCUT2D eigenvalue weighted by atomic mass is 9.82. The minimum absolute atomic E-state index is 0.775. The predicted molar refractivity (Wildman–Crippen MR) is 74.2 cm³/mol. The van der Waals surface area contributed by atoms with Crippen molar-refractivity contribution >= 4 is 0 Å². The van der Waals surface area contributed by atoms with Crippen LogP contribution in [-0.2, 0) is 6.42 Å². The maximum Gasteiger partial charge on any atom is 0.00698 e. The van der Waals surface area contributed by atoms with Crippen molar-refractivity contribution in [3.05, 3.63) is 35.9 Å². The molecular formula is C16H25N. The Morgan fingerprint density at radius 2 is 2.00 bits per heavy atom. The van der Waals surface area contributed by atoms with Crippen LogP contribution < -0.4 is 5.32 Å². The largest absolute Gasteiger partial charge is 0.314 e. The van der Waals surface area contributed by atoms with E-state index in [1.807, 2.05) is 0 Å². The van der Waals surface area contributed by atoms with E-state index in [1.165, 1.54) is 50.6 Å². The van der Waals surface area contributed by atoms with Crippen molar-refractivity contribution in [2.24, 2.45) is 5.92 Å². The van der Waals surface area contributed by atoms with Gasteiger partial charge in [0.1, 0.15) is 0 Å². The molecule has 0 aromatic heterocycles. The van der Waals surface area contributed by atoms with Gasteiger partial charge in [-0.3, -0.25) is 0 Å². The highest BCUT2D eigenvalue weighted by Gasteiger charge is 2.21. The Balaban J connectivity index is 1.81. The highest BCUT2D eigenvalue weighted by atomic mass is 14.9. The first-order chi connectivity index (χ1) is 8.38. The maximum absolute atomic E-state index is 3.69. The molecule has 1 aromatic carbocycles. The number of rotatable bonds is 5. The standard InChI is InChI=1S/C16H25N/c1-2-11-17-16-10-6-9-15(13-16)12-14-7-4-3-5-8-14/h3-5,7-8,15-17H,2,6,9-13H2,1H3. The van der Waals surface area contributed by atoms with Gasteiger partial charge in [0.05, 0.1) is 0 Å². The van der Waals surface area contributed by atoms with Crippen LogP contribution in [0.2, 0.25) is 0 Å². The molecule has 2 rings (SSSR count). The quantitative estimate of drug-likeness (QED) is 0.813. The lowest BCUT2D eigenvalue weighted by Gasteiger charge is -2.30. The Labute approximate surface area is 106 Å². The van der Waals surface area contributed by atoms with E-state index in [1.54, 1.807) is 0 Å². The fraction of sp³-hybridized carbons (Fsp3) is 0.625. The van der Waals surface area contributed by atoms with Crippen LogP contribution in [0.1, 0.15) is 44.6 Å². The van der Waals surface area contributed by atoms with E-state index < -0.39 is 0 Å². The Hall–Kier alpha value is -0.820. The lowest BCUT2D eigenvalue weighted by molar-refractivity contribution is 0.284. The monoisotopic (exact) mass is 231 g/mol. The Bertz CT molecular complexity index is 307. The summed E-state index contributed by atoms with van der Waals surface area (Å²) in [4.78, 5) is 0. The molecule has 0 radical (unpaired) electrons. The van der Waals surface area contributed by atoms with Crippen molar-refractivity contribution < 1.29 is 0 Å². The summed E-state index contributed by atoms with van der Waals surface area (Å²) in [5, 5.41) is 3.69. The molecule has 1 aliphatic rings. The predicted octanol–water partition coefficient (Wildman–Crippen LogP) is 3.79. The molecule has 0 saturated heterocycles. The van der Waals surface area contributed by atoms with Crippen molar-refractivity contribution in [1.82, 2.24) is 5.32 Å². The highest BCUT2D eigenvalue weighted by molar-refractivity contribution is 5.15. The minimum atomic E-state index is 0.775. The van der Waals surface area contributed by atoms with Gasteiger partial charge in [-0.15, -0.1) is 0 Å². The average molecular weight is 231 g/mol. The molecular weight excluding hydrogens is 206 g/mol. The third-order valence-electron chi connectivity index (χ3n) is 3.83. The molecule has 1 fully saturated rings. The maximum atomic E-state index is 3.69. The fourth-order valence-corrected chi connectivity index (χ4v) is 2.96. The van der Waals surface area contributed by atoms with Crippen molar-refractivity contribution in [1.29, 1.82) is 0 Å². The third kappa shape index (κ3) is 4.16. The van der Waals surface area contributed by atoms with Crippen LogP contribution in [0.25, 0.3) is 0 Å². The molecule has 2 unspecified atom stereocenters. The van der Waals surface area contributed by atoms with Crippen LogP contribution in [-0.4, -0.2) is 12.6 Å². The van der Waals surface area contributed by atoms with Gasteiger partial charge < -0.3 is 5.32 Å². The van der Waals surface area contributed by atoms with Crippen LogP contribution in [0.4, 0.5) is 0 Å². The summed E-state index contributed by atoms with van der Waals surface area (Å²) in [5.41, 5.74) is 1.51. The van der Waals surface area contributed by atoms with Gasteiger partial charge in [0.2, 0.25) is 0 Å². The molecule has 0 amide bonds. The molecule has 1 aromatic rings. The van der Waals surface area contributed by atoms with E-state index >= 15 is 0 Å². The second kappa shape index (κ2) is 6.80. The molecule has 1 aliphatic carbocycles. The van der Waals surface area contributed by atoms with Gasteiger partial charge in [0.25, 0.3) is 0 Å². The molecule has 0 aliphatic heterocycles. The molecule has 2 atom stereocenters. The molecule has 17 heavy (non-hydrogen) atoms. The summed E-state index contributed by atoms with van der Waals surface area (Å²) in [6.45, 7) is 3.43. The fourth-order valence-electron chi connectivity index (χ4n) is 2.96. The van der Waals surface area contributed by atoms with Gasteiger partial charge in [-0.05, 0) is 43.7 Å². The number of benzene rings is 1. The first-order valence-corrected chi connectivity index (χ1v) is 7.15. The van der Waals surface area contributed by atoms with Gasteiger partial charge in [-0.1, -0.05) is 50.1 Å². The summed E-state index contributed by atoms with van der Waals surface area (Å²) in [6, 6.07) is 11.7. The third-order valence-corrected chi connectivity index (χ3v) is 3.83. The second-order valence-corrected chi connectivity index (χ2v) is 5.37. The topological polar surface area (TPSA) is 12.0 Å². The Kier molecular flexibility index (Phi) is 5.06. The number of hydrogen-bond donors (Lipinski definition) is 1. The van der Waals surface area contributed by atoms with Gasteiger partial charge in [-0.2, -0.15) is 0 Å². The molecule has 1 saturated carbocycles. The molecule has 94 valence electrons. The zero-order valence-electron chi connectivity index (χ0n) is 11.0. The Morgan fingerprint density at radius 3 is 2.76 bits per heavy atom. The van der Waals surface area contributed by atoms with Gasteiger partial charge in [0, 0.05) is 6.04 Å². The number of nitrogens with one attached hydrogen (secondary N) is 1. The zero-order chi connectivity index (χ0) is 11.9. The van der Waals surface area contributed by atoms with Crippen molar-refractivity contribution in [2.45, 2.75) is 51.5 Å². The van der Waals surface area contributed by atoms with E-state index in [9.17, 15) is 0 Å². The highest BCUT2D eigenvalue weighted by Crippen LogP contribution is 2.27. The summed E-state index contributed by atoms with van der Waals surface area (Å²) in [5.74, 6) is 0.889. The first-order valence-electron chi connectivity index (χ1n) is 7.15.